The molecule has 4 nitrogen and oxygen atoms in total. The van der Waals surface area contributed by atoms with Crippen molar-refractivity contribution in [3.63, 3.8) is 0 Å². The summed E-state index contributed by atoms with van der Waals surface area (Å²) in [6.07, 6.45) is 6.03. The maximum Gasteiger partial charge on any atom is 0.0762 e. The average molecular weight is 237 g/mol. The summed E-state index contributed by atoms with van der Waals surface area (Å²) in [4.78, 5) is 0. The minimum atomic E-state index is 0.455. The van der Waals surface area contributed by atoms with Gasteiger partial charge in [0.1, 0.15) is 0 Å². The quantitative estimate of drug-likeness (QED) is 0.822. The number of hydrogen-bond donors (Lipinski definition) is 1. The van der Waals surface area contributed by atoms with E-state index in [1.54, 1.807) is 0 Å². The van der Waals surface area contributed by atoms with Crippen molar-refractivity contribution in [3.05, 3.63) is 18.0 Å². The topological polar surface area (TPSA) is 39.1 Å². The molecule has 1 atom stereocenters. The van der Waals surface area contributed by atoms with Gasteiger partial charge in [0.05, 0.1) is 11.8 Å². The molecule has 1 aromatic heterocycles. The summed E-state index contributed by atoms with van der Waals surface area (Å²) in [5.41, 5.74) is 1.12. The third-order valence-corrected chi connectivity index (χ3v) is 3.09. The summed E-state index contributed by atoms with van der Waals surface area (Å²) in [6.45, 7) is 7.05. The van der Waals surface area contributed by atoms with Gasteiger partial charge in [-0.15, -0.1) is 0 Å². The van der Waals surface area contributed by atoms with Crippen LogP contribution in [0.25, 0.3) is 0 Å². The van der Waals surface area contributed by atoms with Gasteiger partial charge in [0.25, 0.3) is 0 Å². The average Bonchev–Trinajstić information content (AvgIpc) is 2.95. The van der Waals surface area contributed by atoms with E-state index in [1.165, 1.54) is 12.8 Å². The second-order valence-electron chi connectivity index (χ2n) is 5.03. The smallest absolute Gasteiger partial charge is 0.0762 e. The highest BCUT2D eigenvalue weighted by atomic mass is 16.5. The van der Waals surface area contributed by atoms with Gasteiger partial charge in [0.2, 0.25) is 0 Å². The van der Waals surface area contributed by atoms with Crippen LogP contribution in [-0.2, 0) is 17.8 Å². The SMILES string of the molecule is CC(C)NCc1ccn(CCC2CCCO2)n1. The Labute approximate surface area is 103 Å². The van der Waals surface area contributed by atoms with Crippen molar-refractivity contribution in [1.82, 2.24) is 15.1 Å². The van der Waals surface area contributed by atoms with Crippen molar-refractivity contribution in [3.8, 4) is 0 Å². The van der Waals surface area contributed by atoms with Gasteiger partial charge in [-0.25, -0.2) is 0 Å². The van der Waals surface area contributed by atoms with E-state index in [9.17, 15) is 0 Å². The molecule has 0 saturated carbocycles. The van der Waals surface area contributed by atoms with E-state index in [2.05, 4.69) is 36.5 Å². The zero-order valence-corrected chi connectivity index (χ0v) is 10.9. The van der Waals surface area contributed by atoms with Gasteiger partial charge in [-0.3, -0.25) is 4.68 Å². The highest BCUT2D eigenvalue weighted by Crippen LogP contribution is 2.15. The van der Waals surface area contributed by atoms with Crippen molar-refractivity contribution in [1.29, 1.82) is 0 Å². The van der Waals surface area contributed by atoms with Crippen molar-refractivity contribution >= 4 is 0 Å². The first-order valence-electron chi connectivity index (χ1n) is 6.61. The first-order chi connectivity index (χ1) is 8.24. The second-order valence-corrected chi connectivity index (χ2v) is 5.03. The van der Waals surface area contributed by atoms with Gasteiger partial charge < -0.3 is 10.1 Å². The monoisotopic (exact) mass is 237 g/mol. The minimum Gasteiger partial charge on any atom is -0.378 e. The Morgan fingerprint density at radius 2 is 2.47 bits per heavy atom. The number of rotatable bonds is 6. The molecule has 1 fully saturated rings. The molecule has 4 heteroatoms. The Bertz CT molecular complexity index is 329. The second kappa shape index (κ2) is 6.17. The number of aromatic nitrogens is 2. The van der Waals surface area contributed by atoms with Gasteiger partial charge in [-0.1, -0.05) is 13.8 Å². The van der Waals surface area contributed by atoms with Gasteiger partial charge >= 0.3 is 0 Å². The van der Waals surface area contributed by atoms with E-state index >= 15 is 0 Å². The van der Waals surface area contributed by atoms with Crippen LogP contribution < -0.4 is 5.32 Å². The molecular weight excluding hydrogens is 214 g/mol. The summed E-state index contributed by atoms with van der Waals surface area (Å²) < 4.78 is 7.63. The summed E-state index contributed by atoms with van der Waals surface area (Å²) in [7, 11) is 0. The van der Waals surface area contributed by atoms with Crippen molar-refractivity contribution in [2.45, 2.75) is 58.3 Å². The predicted octanol–water partition coefficient (Wildman–Crippen LogP) is 1.95. The molecule has 1 aliphatic heterocycles. The van der Waals surface area contributed by atoms with E-state index in [4.69, 9.17) is 4.74 Å². The lowest BCUT2D eigenvalue weighted by atomic mass is 10.2. The van der Waals surface area contributed by atoms with Crippen LogP contribution in [0.5, 0.6) is 0 Å². The third kappa shape index (κ3) is 4.13. The molecule has 0 spiro atoms. The summed E-state index contributed by atoms with van der Waals surface area (Å²) in [6, 6.07) is 2.59. The molecule has 0 bridgehead atoms. The van der Waals surface area contributed by atoms with E-state index < -0.39 is 0 Å². The summed E-state index contributed by atoms with van der Waals surface area (Å²) in [5.74, 6) is 0. The Balaban J connectivity index is 1.73. The largest absolute Gasteiger partial charge is 0.378 e. The Morgan fingerprint density at radius 3 is 3.18 bits per heavy atom. The fourth-order valence-corrected chi connectivity index (χ4v) is 2.08. The maximum absolute atomic E-state index is 5.61. The molecule has 1 aromatic rings. The maximum atomic E-state index is 5.61. The lowest BCUT2D eigenvalue weighted by Gasteiger charge is -2.09. The van der Waals surface area contributed by atoms with Gasteiger partial charge in [-0.2, -0.15) is 5.10 Å². The highest BCUT2D eigenvalue weighted by Gasteiger charge is 2.15. The molecule has 0 amide bonds. The molecule has 1 unspecified atom stereocenters. The van der Waals surface area contributed by atoms with E-state index in [0.717, 1.165) is 31.8 Å². The summed E-state index contributed by atoms with van der Waals surface area (Å²) >= 11 is 0. The number of nitrogens with one attached hydrogen (secondary N) is 1. The molecule has 1 saturated heterocycles. The van der Waals surface area contributed by atoms with Crippen LogP contribution >= 0.6 is 0 Å². The van der Waals surface area contributed by atoms with Crippen LogP contribution in [-0.4, -0.2) is 28.5 Å². The molecular formula is C13H23N3O. The van der Waals surface area contributed by atoms with E-state index in [-0.39, 0.29) is 0 Å². The van der Waals surface area contributed by atoms with Crippen molar-refractivity contribution in [2.24, 2.45) is 0 Å². The van der Waals surface area contributed by atoms with Crippen molar-refractivity contribution < 1.29 is 4.74 Å². The lowest BCUT2D eigenvalue weighted by Crippen LogP contribution is -2.22. The zero-order valence-electron chi connectivity index (χ0n) is 10.9. The molecule has 1 N–H and O–H groups in total. The van der Waals surface area contributed by atoms with Crippen LogP contribution in [0.15, 0.2) is 12.3 Å². The first-order valence-corrected chi connectivity index (χ1v) is 6.61. The van der Waals surface area contributed by atoms with Gasteiger partial charge in [0.15, 0.2) is 0 Å². The third-order valence-electron chi connectivity index (χ3n) is 3.09. The molecule has 0 radical (unpaired) electrons. The lowest BCUT2D eigenvalue weighted by molar-refractivity contribution is 0.0994. The number of ether oxygens (including phenoxy) is 1. The standard InChI is InChI=1S/C13H23N3O/c1-11(2)14-10-12-5-7-16(15-12)8-6-13-4-3-9-17-13/h5,7,11,13-14H,3-4,6,8-10H2,1-2H3. The molecule has 2 rings (SSSR count). The number of hydrogen-bond acceptors (Lipinski definition) is 3. The molecule has 17 heavy (non-hydrogen) atoms. The van der Waals surface area contributed by atoms with E-state index in [0.29, 0.717) is 12.1 Å². The fraction of sp³-hybridized carbons (Fsp3) is 0.769. The Hall–Kier alpha value is -0.870. The van der Waals surface area contributed by atoms with Crippen LogP contribution in [0, 0.1) is 0 Å². The first kappa shape index (κ1) is 12.6. The van der Waals surface area contributed by atoms with Crippen LogP contribution in [0.2, 0.25) is 0 Å². The van der Waals surface area contributed by atoms with Gasteiger partial charge in [0, 0.05) is 31.9 Å². The fourth-order valence-electron chi connectivity index (χ4n) is 2.08. The molecule has 1 aliphatic rings. The molecule has 2 heterocycles. The van der Waals surface area contributed by atoms with Crippen LogP contribution in [0.4, 0.5) is 0 Å². The zero-order chi connectivity index (χ0) is 12.1. The number of aryl methyl sites for hydroxylation is 1. The Morgan fingerprint density at radius 1 is 1.59 bits per heavy atom. The summed E-state index contributed by atoms with van der Waals surface area (Å²) in [5, 5.41) is 7.91. The Kier molecular flexibility index (Phi) is 4.57. The molecule has 96 valence electrons. The van der Waals surface area contributed by atoms with E-state index in [1.807, 2.05) is 4.68 Å². The van der Waals surface area contributed by atoms with Crippen molar-refractivity contribution in [2.75, 3.05) is 6.61 Å². The normalized spacial score (nSPS) is 20.3. The molecule has 0 aliphatic carbocycles. The highest BCUT2D eigenvalue weighted by molar-refractivity contribution is 4.98. The minimum absolute atomic E-state index is 0.455. The predicted molar refractivity (Wildman–Crippen MR) is 67.8 cm³/mol. The van der Waals surface area contributed by atoms with Crippen LogP contribution in [0.1, 0.15) is 38.8 Å². The number of nitrogens with zero attached hydrogens (tertiary/aromatic N) is 2. The van der Waals surface area contributed by atoms with Gasteiger partial charge in [-0.05, 0) is 25.3 Å². The molecule has 0 aromatic carbocycles. The van der Waals surface area contributed by atoms with Crippen LogP contribution in [0.3, 0.4) is 0 Å².